The Labute approximate surface area is 156 Å². The topological polar surface area (TPSA) is 64.6 Å². The predicted octanol–water partition coefficient (Wildman–Crippen LogP) is 3.56. The Bertz CT molecular complexity index is 687. The maximum atomic E-state index is 11.8. The van der Waals surface area contributed by atoms with E-state index >= 15 is 0 Å². The molecule has 1 amide bonds. The van der Waals surface area contributed by atoms with Gasteiger partial charge in [-0.3, -0.25) is 9.59 Å². The van der Waals surface area contributed by atoms with Crippen LogP contribution in [0.2, 0.25) is 0 Å². The van der Waals surface area contributed by atoms with Crippen molar-refractivity contribution in [3.05, 3.63) is 63.0 Å². The van der Waals surface area contributed by atoms with Gasteiger partial charge in [-0.1, -0.05) is 31.9 Å². The summed E-state index contributed by atoms with van der Waals surface area (Å²) in [5.41, 5.74) is 0.476. The first-order chi connectivity index (χ1) is 11.5. The molecule has 0 heterocycles. The molecule has 0 atom stereocenters. The highest BCUT2D eigenvalue weighted by Gasteiger charge is 2.08. The van der Waals surface area contributed by atoms with Gasteiger partial charge >= 0.3 is 5.97 Å². The van der Waals surface area contributed by atoms with Gasteiger partial charge in [-0.05, 0) is 48.5 Å². The first-order valence-corrected chi connectivity index (χ1v) is 8.71. The van der Waals surface area contributed by atoms with Crippen LogP contribution in [0.5, 0.6) is 5.75 Å². The van der Waals surface area contributed by atoms with Gasteiger partial charge in [-0.25, -0.2) is 0 Å². The number of halogens is 2. The minimum absolute atomic E-state index is 0.114. The summed E-state index contributed by atoms with van der Waals surface area (Å²) < 4.78 is 12.3. The van der Waals surface area contributed by atoms with Crippen LogP contribution in [0.3, 0.4) is 0 Å². The maximum absolute atomic E-state index is 11.8. The highest BCUT2D eigenvalue weighted by atomic mass is 79.9. The summed E-state index contributed by atoms with van der Waals surface area (Å²) in [6.45, 7) is 0.171. The minimum atomic E-state index is -0.514. The van der Waals surface area contributed by atoms with E-state index in [2.05, 4.69) is 37.2 Å². The first-order valence-electron chi connectivity index (χ1n) is 7.12. The molecule has 0 spiro atoms. The molecule has 126 valence electrons. The third-order valence-electron chi connectivity index (χ3n) is 2.93. The molecule has 2 aromatic rings. The van der Waals surface area contributed by atoms with Crippen LogP contribution in [-0.4, -0.2) is 31.6 Å². The Morgan fingerprint density at radius 3 is 2.08 bits per heavy atom. The standard InChI is InChI=1S/C17H15Br2NO4/c18-13-3-1-12(2-4-13)17(22)20-11-16(21)24-10-9-23-15-7-5-14(19)6-8-15/h1-8H,9-11H2,(H,20,22). The summed E-state index contributed by atoms with van der Waals surface area (Å²) in [6, 6.07) is 14.2. The smallest absolute Gasteiger partial charge is 0.325 e. The van der Waals surface area contributed by atoms with Crippen LogP contribution in [0.1, 0.15) is 10.4 Å². The third kappa shape index (κ3) is 6.33. The summed E-state index contributed by atoms with van der Waals surface area (Å²) in [7, 11) is 0. The Balaban J connectivity index is 1.63. The second-order valence-electron chi connectivity index (χ2n) is 4.71. The second-order valence-corrected chi connectivity index (χ2v) is 6.54. The van der Waals surface area contributed by atoms with E-state index in [1.54, 1.807) is 24.3 Å². The van der Waals surface area contributed by atoms with Gasteiger partial charge in [-0.2, -0.15) is 0 Å². The molecule has 0 aliphatic carbocycles. The van der Waals surface area contributed by atoms with Crippen molar-refractivity contribution in [2.24, 2.45) is 0 Å². The van der Waals surface area contributed by atoms with Crippen molar-refractivity contribution < 1.29 is 19.1 Å². The van der Waals surface area contributed by atoms with Gasteiger partial charge in [0.05, 0.1) is 0 Å². The zero-order valence-electron chi connectivity index (χ0n) is 12.6. The molecule has 7 heteroatoms. The largest absolute Gasteiger partial charge is 0.490 e. The third-order valence-corrected chi connectivity index (χ3v) is 3.99. The van der Waals surface area contributed by atoms with Gasteiger partial charge in [0.1, 0.15) is 25.5 Å². The quantitative estimate of drug-likeness (QED) is 0.511. The number of ether oxygens (including phenoxy) is 2. The number of esters is 1. The van der Waals surface area contributed by atoms with Crippen molar-refractivity contribution >= 4 is 43.7 Å². The number of carbonyl (C=O) groups excluding carboxylic acids is 2. The monoisotopic (exact) mass is 455 g/mol. The highest BCUT2D eigenvalue weighted by Crippen LogP contribution is 2.15. The SMILES string of the molecule is O=C(CNC(=O)c1ccc(Br)cc1)OCCOc1ccc(Br)cc1. The summed E-state index contributed by atoms with van der Waals surface area (Å²) in [5.74, 6) is -0.150. The van der Waals surface area contributed by atoms with E-state index in [0.717, 1.165) is 8.95 Å². The molecule has 2 aromatic carbocycles. The van der Waals surface area contributed by atoms with Crippen molar-refractivity contribution in [2.75, 3.05) is 19.8 Å². The summed E-state index contributed by atoms with van der Waals surface area (Å²) in [5, 5.41) is 2.51. The highest BCUT2D eigenvalue weighted by molar-refractivity contribution is 9.10. The van der Waals surface area contributed by atoms with E-state index in [1.807, 2.05) is 24.3 Å². The Kier molecular flexibility index (Phi) is 7.27. The Hall–Kier alpha value is -1.86. The second kappa shape index (κ2) is 9.44. The van der Waals surface area contributed by atoms with Gasteiger partial charge in [0.15, 0.2) is 0 Å². The van der Waals surface area contributed by atoms with Gasteiger partial charge in [0, 0.05) is 14.5 Å². The predicted molar refractivity (Wildman–Crippen MR) is 97.1 cm³/mol. The molecule has 0 aliphatic rings. The first kappa shape index (κ1) is 18.5. The molecule has 1 N–H and O–H groups in total. The molecule has 0 saturated heterocycles. The van der Waals surface area contributed by atoms with E-state index in [4.69, 9.17) is 9.47 Å². The normalized spacial score (nSPS) is 10.1. The number of rotatable bonds is 7. The molecule has 2 rings (SSSR count). The maximum Gasteiger partial charge on any atom is 0.325 e. The van der Waals surface area contributed by atoms with E-state index < -0.39 is 5.97 Å². The van der Waals surface area contributed by atoms with Gasteiger partial charge in [-0.15, -0.1) is 0 Å². The number of hydrogen-bond acceptors (Lipinski definition) is 4. The van der Waals surface area contributed by atoms with Gasteiger partial charge < -0.3 is 14.8 Å². The lowest BCUT2D eigenvalue weighted by molar-refractivity contribution is -0.143. The van der Waals surface area contributed by atoms with Crippen molar-refractivity contribution in [3.63, 3.8) is 0 Å². The molecule has 24 heavy (non-hydrogen) atoms. The molecule has 0 aliphatic heterocycles. The Morgan fingerprint density at radius 1 is 0.875 bits per heavy atom. The number of benzene rings is 2. The molecule has 0 unspecified atom stereocenters. The number of amides is 1. The summed E-state index contributed by atoms with van der Waals surface area (Å²) in [4.78, 5) is 23.4. The molecule has 0 bridgehead atoms. The minimum Gasteiger partial charge on any atom is -0.490 e. The molecule has 5 nitrogen and oxygen atoms in total. The van der Waals surface area contributed by atoms with Gasteiger partial charge in [0.25, 0.3) is 5.91 Å². The average molecular weight is 457 g/mol. The molecular formula is C17H15Br2NO4. The summed E-state index contributed by atoms with van der Waals surface area (Å²) >= 11 is 6.63. The molecule has 0 radical (unpaired) electrons. The van der Waals surface area contributed by atoms with Crippen LogP contribution in [0, 0.1) is 0 Å². The van der Waals surface area contributed by atoms with Crippen LogP contribution in [0.25, 0.3) is 0 Å². The lowest BCUT2D eigenvalue weighted by Gasteiger charge is -2.08. The fourth-order valence-electron chi connectivity index (χ4n) is 1.75. The van der Waals surface area contributed by atoms with Crippen LogP contribution in [0.4, 0.5) is 0 Å². The number of hydrogen-bond donors (Lipinski definition) is 1. The number of carbonyl (C=O) groups is 2. The molecule has 0 aromatic heterocycles. The summed E-state index contributed by atoms with van der Waals surface area (Å²) in [6.07, 6.45) is 0. The zero-order valence-corrected chi connectivity index (χ0v) is 15.8. The van der Waals surface area contributed by atoms with Crippen LogP contribution in [0.15, 0.2) is 57.5 Å². The van der Waals surface area contributed by atoms with Crippen LogP contribution < -0.4 is 10.1 Å². The molecule has 0 fully saturated rings. The lowest BCUT2D eigenvalue weighted by atomic mass is 10.2. The lowest BCUT2D eigenvalue weighted by Crippen LogP contribution is -2.31. The van der Waals surface area contributed by atoms with Gasteiger partial charge in [0.2, 0.25) is 0 Å². The molecular weight excluding hydrogens is 442 g/mol. The fraction of sp³-hybridized carbons (Fsp3) is 0.176. The average Bonchev–Trinajstić information content (AvgIpc) is 2.59. The van der Waals surface area contributed by atoms with Crippen molar-refractivity contribution in [2.45, 2.75) is 0 Å². The van der Waals surface area contributed by atoms with E-state index in [1.165, 1.54) is 0 Å². The fourth-order valence-corrected chi connectivity index (χ4v) is 2.28. The molecule has 0 saturated carbocycles. The number of nitrogens with one attached hydrogen (secondary N) is 1. The van der Waals surface area contributed by atoms with Crippen LogP contribution in [-0.2, 0) is 9.53 Å². The van der Waals surface area contributed by atoms with E-state index in [-0.39, 0.29) is 25.7 Å². The van der Waals surface area contributed by atoms with Crippen molar-refractivity contribution in [1.82, 2.24) is 5.32 Å². The zero-order chi connectivity index (χ0) is 17.4. The Morgan fingerprint density at radius 2 is 1.46 bits per heavy atom. The van der Waals surface area contributed by atoms with E-state index in [0.29, 0.717) is 11.3 Å². The van der Waals surface area contributed by atoms with Crippen LogP contribution >= 0.6 is 31.9 Å². The van der Waals surface area contributed by atoms with Crippen molar-refractivity contribution in [1.29, 1.82) is 0 Å². The van der Waals surface area contributed by atoms with Crippen molar-refractivity contribution in [3.8, 4) is 5.75 Å². The van der Waals surface area contributed by atoms with E-state index in [9.17, 15) is 9.59 Å².